The third kappa shape index (κ3) is 2.12. The summed E-state index contributed by atoms with van der Waals surface area (Å²) in [5, 5.41) is 5.40. The predicted molar refractivity (Wildman–Crippen MR) is 71.3 cm³/mol. The van der Waals surface area contributed by atoms with Crippen LogP contribution in [0.25, 0.3) is 0 Å². The SMILES string of the molecule is COc1csc(C(=O)N2CC3CCCNC3C2)c1. The highest BCUT2D eigenvalue weighted by Crippen LogP contribution is 2.28. The minimum Gasteiger partial charge on any atom is -0.496 e. The maximum atomic E-state index is 12.4. The van der Waals surface area contributed by atoms with Crippen molar-refractivity contribution >= 4 is 17.2 Å². The van der Waals surface area contributed by atoms with Crippen LogP contribution in [-0.4, -0.2) is 43.6 Å². The van der Waals surface area contributed by atoms with E-state index in [0.29, 0.717) is 12.0 Å². The Labute approximate surface area is 111 Å². The van der Waals surface area contributed by atoms with Crippen molar-refractivity contribution in [3.05, 3.63) is 16.3 Å². The molecule has 2 saturated heterocycles. The van der Waals surface area contributed by atoms with Crippen LogP contribution in [0.2, 0.25) is 0 Å². The Hall–Kier alpha value is -1.07. The Bertz CT molecular complexity index is 432. The summed E-state index contributed by atoms with van der Waals surface area (Å²) in [4.78, 5) is 15.1. The Kier molecular flexibility index (Phi) is 3.26. The van der Waals surface area contributed by atoms with Gasteiger partial charge in [-0.3, -0.25) is 4.79 Å². The smallest absolute Gasteiger partial charge is 0.264 e. The molecule has 5 heteroatoms. The van der Waals surface area contributed by atoms with Gasteiger partial charge in [-0.05, 0) is 25.3 Å². The van der Waals surface area contributed by atoms with Crippen molar-refractivity contribution in [3.8, 4) is 5.75 Å². The van der Waals surface area contributed by atoms with Gasteiger partial charge in [0.2, 0.25) is 0 Å². The van der Waals surface area contributed by atoms with Crippen molar-refractivity contribution in [2.24, 2.45) is 5.92 Å². The molecule has 2 aliphatic heterocycles. The zero-order chi connectivity index (χ0) is 12.5. The van der Waals surface area contributed by atoms with Crippen molar-refractivity contribution in [3.63, 3.8) is 0 Å². The Morgan fingerprint density at radius 3 is 3.17 bits per heavy atom. The van der Waals surface area contributed by atoms with Gasteiger partial charge in [-0.2, -0.15) is 0 Å². The van der Waals surface area contributed by atoms with E-state index in [2.05, 4.69) is 5.32 Å². The van der Waals surface area contributed by atoms with E-state index in [1.165, 1.54) is 24.2 Å². The van der Waals surface area contributed by atoms with Crippen molar-refractivity contribution < 1.29 is 9.53 Å². The molecule has 4 nitrogen and oxygen atoms in total. The first kappa shape index (κ1) is 12.0. The molecule has 1 N–H and O–H groups in total. The quantitative estimate of drug-likeness (QED) is 0.883. The van der Waals surface area contributed by atoms with Crippen LogP contribution in [0.15, 0.2) is 11.4 Å². The average molecular weight is 266 g/mol. The van der Waals surface area contributed by atoms with Gasteiger partial charge in [0.25, 0.3) is 5.91 Å². The van der Waals surface area contributed by atoms with E-state index in [9.17, 15) is 4.79 Å². The molecule has 2 unspecified atom stereocenters. The highest BCUT2D eigenvalue weighted by atomic mass is 32.1. The molecule has 98 valence electrons. The number of hydrogen-bond acceptors (Lipinski definition) is 4. The minimum atomic E-state index is 0.152. The first-order valence-corrected chi connectivity index (χ1v) is 7.31. The number of carbonyl (C=O) groups is 1. The molecule has 0 aromatic carbocycles. The van der Waals surface area contributed by atoms with Crippen LogP contribution >= 0.6 is 11.3 Å². The molecule has 0 saturated carbocycles. The normalized spacial score (nSPS) is 27.1. The number of fused-ring (bicyclic) bond motifs is 1. The molecule has 0 radical (unpaired) electrons. The number of hydrogen-bond donors (Lipinski definition) is 1. The summed E-state index contributed by atoms with van der Waals surface area (Å²) in [5.74, 6) is 1.57. The van der Waals surface area contributed by atoms with Gasteiger partial charge >= 0.3 is 0 Å². The minimum absolute atomic E-state index is 0.152. The lowest BCUT2D eigenvalue weighted by Crippen LogP contribution is -2.41. The fourth-order valence-electron chi connectivity index (χ4n) is 2.91. The molecule has 0 spiro atoms. The fraction of sp³-hybridized carbons (Fsp3) is 0.615. The fourth-order valence-corrected chi connectivity index (χ4v) is 3.73. The van der Waals surface area contributed by atoms with Gasteiger partial charge in [0.1, 0.15) is 5.75 Å². The molecule has 0 bridgehead atoms. The lowest BCUT2D eigenvalue weighted by atomic mass is 9.94. The average Bonchev–Trinajstić information content (AvgIpc) is 3.04. The summed E-state index contributed by atoms with van der Waals surface area (Å²) in [6.45, 7) is 2.84. The van der Waals surface area contributed by atoms with Gasteiger partial charge < -0.3 is 15.0 Å². The summed E-state index contributed by atoms with van der Waals surface area (Å²) in [7, 11) is 1.63. The molecule has 1 aromatic rings. The first-order valence-electron chi connectivity index (χ1n) is 6.43. The van der Waals surface area contributed by atoms with Crippen LogP contribution in [-0.2, 0) is 0 Å². The maximum absolute atomic E-state index is 12.4. The van der Waals surface area contributed by atoms with Crippen LogP contribution in [0.4, 0.5) is 0 Å². The molecular formula is C13H18N2O2S. The largest absolute Gasteiger partial charge is 0.496 e. The molecule has 0 aliphatic carbocycles. The second-order valence-corrected chi connectivity index (χ2v) is 5.94. The number of methoxy groups -OCH3 is 1. The standard InChI is InChI=1S/C13H18N2O2S/c1-17-10-5-12(18-8-10)13(16)15-6-9-3-2-4-14-11(9)7-15/h5,8-9,11,14H,2-4,6-7H2,1H3. The molecule has 1 amide bonds. The number of likely N-dealkylation sites (tertiary alicyclic amines) is 1. The molecule has 3 heterocycles. The van der Waals surface area contributed by atoms with Gasteiger partial charge in [-0.15, -0.1) is 11.3 Å². The number of thiophene rings is 1. The van der Waals surface area contributed by atoms with E-state index in [0.717, 1.165) is 30.3 Å². The summed E-state index contributed by atoms with van der Waals surface area (Å²) in [6.07, 6.45) is 2.48. The number of nitrogens with zero attached hydrogens (tertiary/aromatic N) is 1. The van der Waals surface area contributed by atoms with Crippen molar-refractivity contribution in [2.75, 3.05) is 26.7 Å². The highest BCUT2D eigenvalue weighted by Gasteiger charge is 2.36. The van der Waals surface area contributed by atoms with Gasteiger partial charge in [0.15, 0.2) is 0 Å². The van der Waals surface area contributed by atoms with Gasteiger partial charge in [-0.25, -0.2) is 0 Å². The molecule has 2 fully saturated rings. The van der Waals surface area contributed by atoms with Crippen LogP contribution in [0.5, 0.6) is 5.75 Å². The summed E-state index contributed by atoms with van der Waals surface area (Å²) >= 11 is 1.47. The number of carbonyl (C=O) groups excluding carboxylic acids is 1. The molecular weight excluding hydrogens is 248 g/mol. The third-order valence-corrected chi connectivity index (χ3v) is 4.80. The summed E-state index contributed by atoms with van der Waals surface area (Å²) in [6, 6.07) is 2.34. The second-order valence-electron chi connectivity index (χ2n) is 5.02. The van der Waals surface area contributed by atoms with E-state index in [1.54, 1.807) is 7.11 Å². The molecule has 2 atom stereocenters. The Balaban J connectivity index is 1.70. The number of amides is 1. The lowest BCUT2D eigenvalue weighted by Gasteiger charge is -2.24. The lowest BCUT2D eigenvalue weighted by molar-refractivity contribution is 0.0790. The van der Waals surface area contributed by atoms with Crippen LogP contribution in [0, 0.1) is 5.92 Å². The van der Waals surface area contributed by atoms with E-state index in [4.69, 9.17) is 4.74 Å². The number of rotatable bonds is 2. The zero-order valence-electron chi connectivity index (χ0n) is 10.5. The highest BCUT2D eigenvalue weighted by molar-refractivity contribution is 7.12. The van der Waals surface area contributed by atoms with Crippen LogP contribution in [0.1, 0.15) is 22.5 Å². The summed E-state index contributed by atoms with van der Waals surface area (Å²) < 4.78 is 5.13. The zero-order valence-corrected chi connectivity index (χ0v) is 11.3. The van der Waals surface area contributed by atoms with Crippen molar-refractivity contribution in [1.82, 2.24) is 10.2 Å². The molecule has 1 aromatic heterocycles. The number of piperidine rings is 1. The molecule has 3 rings (SSSR count). The van der Waals surface area contributed by atoms with E-state index in [1.807, 2.05) is 16.3 Å². The molecule has 18 heavy (non-hydrogen) atoms. The van der Waals surface area contributed by atoms with Crippen LogP contribution in [0.3, 0.4) is 0 Å². The second kappa shape index (κ2) is 4.90. The van der Waals surface area contributed by atoms with Gasteiger partial charge in [0.05, 0.1) is 12.0 Å². The predicted octanol–water partition coefficient (Wildman–Crippen LogP) is 1.58. The number of nitrogens with one attached hydrogen (secondary N) is 1. The maximum Gasteiger partial charge on any atom is 0.264 e. The van der Waals surface area contributed by atoms with Crippen LogP contribution < -0.4 is 10.1 Å². The Morgan fingerprint density at radius 1 is 1.56 bits per heavy atom. The first-order chi connectivity index (χ1) is 8.78. The van der Waals surface area contributed by atoms with Gasteiger partial charge in [0, 0.05) is 30.6 Å². The van der Waals surface area contributed by atoms with E-state index in [-0.39, 0.29) is 5.91 Å². The molecule has 2 aliphatic rings. The summed E-state index contributed by atoms with van der Waals surface area (Å²) in [5.41, 5.74) is 0. The van der Waals surface area contributed by atoms with Crippen molar-refractivity contribution in [1.29, 1.82) is 0 Å². The van der Waals surface area contributed by atoms with Crippen molar-refractivity contribution in [2.45, 2.75) is 18.9 Å². The third-order valence-electron chi connectivity index (χ3n) is 3.91. The Morgan fingerprint density at radius 2 is 2.44 bits per heavy atom. The van der Waals surface area contributed by atoms with Gasteiger partial charge in [-0.1, -0.05) is 0 Å². The van der Waals surface area contributed by atoms with E-state index < -0.39 is 0 Å². The monoisotopic (exact) mass is 266 g/mol. The topological polar surface area (TPSA) is 41.6 Å². The number of ether oxygens (including phenoxy) is 1. The van der Waals surface area contributed by atoms with E-state index >= 15 is 0 Å².